The average Bonchev–Trinajstić information content (AvgIpc) is 3.95. The van der Waals surface area contributed by atoms with Crippen molar-refractivity contribution in [2.24, 2.45) is 5.92 Å². The van der Waals surface area contributed by atoms with Crippen LogP contribution in [0.4, 0.5) is 13.6 Å². The maximum atomic E-state index is 14.1. The molecule has 1 aliphatic heterocycles. The van der Waals surface area contributed by atoms with Gasteiger partial charge in [0.25, 0.3) is 0 Å². The van der Waals surface area contributed by atoms with Gasteiger partial charge in [-0.3, -0.25) is 9.88 Å². The van der Waals surface area contributed by atoms with E-state index in [1.165, 1.54) is 48.8 Å². The molecule has 1 aromatic heterocycles. The standard InChI is InChI=1S/C38H45Cl2F2N3O10S/c1-38(2,3)55-37(47)45(56(4,48)49)22-27-17-26(8-9-31(27)51-16-13-44-11-14-50-15-12-44)35(46)53-33(19-28-29(39)20-43-21-30(28)40)25-7-10-32(54-36(41)42)34(18-25)52-23-24-5-6-24/h7-10,17-18,20-21,24,33,36H,5-6,11-16,19,22-23H2,1-4H3. The number of morpholine rings is 1. The molecule has 13 nitrogen and oxygen atoms in total. The van der Waals surface area contributed by atoms with Gasteiger partial charge in [0.05, 0.1) is 48.2 Å². The Bertz CT molecular complexity index is 1940. The van der Waals surface area contributed by atoms with Crippen LogP contribution in [0.5, 0.6) is 17.2 Å². The Morgan fingerprint density at radius 1 is 1.00 bits per heavy atom. The van der Waals surface area contributed by atoms with Gasteiger partial charge in [0.2, 0.25) is 10.0 Å². The van der Waals surface area contributed by atoms with E-state index >= 15 is 0 Å². The lowest BCUT2D eigenvalue weighted by molar-refractivity contribution is -0.0515. The van der Waals surface area contributed by atoms with Crippen molar-refractivity contribution in [1.82, 2.24) is 14.2 Å². The SMILES string of the molecule is CC(C)(C)OC(=O)N(Cc1cc(C(=O)OC(Cc2c(Cl)cncc2Cl)c2ccc(OC(F)F)c(OCC3CC3)c2)ccc1OCCN1CCOCC1)S(C)(=O)=O. The third kappa shape index (κ3) is 12.8. The molecule has 306 valence electrons. The molecule has 56 heavy (non-hydrogen) atoms. The van der Waals surface area contributed by atoms with E-state index in [1.807, 2.05) is 0 Å². The number of hydrogen-bond donors (Lipinski definition) is 0. The molecule has 2 heterocycles. The summed E-state index contributed by atoms with van der Waals surface area (Å²) >= 11 is 12.9. The minimum absolute atomic E-state index is 0.0158. The fourth-order valence-corrected chi connectivity index (χ4v) is 6.83. The van der Waals surface area contributed by atoms with Gasteiger partial charge in [0.15, 0.2) is 11.5 Å². The molecule has 1 unspecified atom stereocenters. The molecule has 0 N–H and O–H groups in total. The monoisotopic (exact) mass is 843 g/mol. The fourth-order valence-electron chi connectivity index (χ4n) is 5.63. The van der Waals surface area contributed by atoms with Gasteiger partial charge in [0.1, 0.15) is 24.1 Å². The Labute approximate surface area is 335 Å². The molecule has 3 aromatic rings. The molecule has 1 aliphatic carbocycles. The molecule has 5 rings (SSSR count). The Morgan fingerprint density at radius 2 is 1.68 bits per heavy atom. The Balaban J connectivity index is 1.48. The highest BCUT2D eigenvalue weighted by atomic mass is 35.5. The van der Waals surface area contributed by atoms with Crippen LogP contribution in [-0.4, -0.2) is 99.2 Å². The molecule has 2 aromatic carbocycles. The highest BCUT2D eigenvalue weighted by Gasteiger charge is 2.31. The largest absolute Gasteiger partial charge is 0.492 e. The van der Waals surface area contributed by atoms with Crippen LogP contribution >= 0.6 is 23.2 Å². The van der Waals surface area contributed by atoms with Gasteiger partial charge >= 0.3 is 18.7 Å². The Hall–Kier alpha value is -3.96. The number of ether oxygens (including phenoxy) is 6. The molecule has 18 heteroatoms. The number of hydrogen-bond acceptors (Lipinski definition) is 12. The van der Waals surface area contributed by atoms with Crippen molar-refractivity contribution in [1.29, 1.82) is 0 Å². The van der Waals surface area contributed by atoms with Gasteiger partial charge < -0.3 is 28.4 Å². The van der Waals surface area contributed by atoms with Crippen molar-refractivity contribution in [3.63, 3.8) is 0 Å². The van der Waals surface area contributed by atoms with Crippen LogP contribution in [0.25, 0.3) is 0 Å². The Kier molecular flexibility index (Phi) is 14.6. The summed E-state index contributed by atoms with van der Waals surface area (Å²) in [5.74, 6) is -0.495. The summed E-state index contributed by atoms with van der Waals surface area (Å²) in [4.78, 5) is 33.4. The smallest absolute Gasteiger partial charge is 0.424 e. The number of amides is 1. The first-order valence-electron chi connectivity index (χ1n) is 17.9. The van der Waals surface area contributed by atoms with Crippen LogP contribution in [0.2, 0.25) is 10.0 Å². The normalized spacial score (nSPS) is 15.6. The first kappa shape index (κ1) is 43.2. The quantitative estimate of drug-likeness (QED) is 0.126. The van der Waals surface area contributed by atoms with E-state index < -0.39 is 46.9 Å². The van der Waals surface area contributed by atoms with E-state index in [0.29, 0.717) is 48.3 Å². The first-order valence-corrected chi connectivity index (χ1v) is 20.5. The second-order valence-electron chi connectivity index (χ2n) is 14.4. The van der Waals surface area contributed by atoms with E-state index in [4.69, 9.17) is 51.6 Å². The van der Waals surface area contributed by atoms with Gasteiger partial charge in [-0.15, -0.1) is 0 Å². The van der Waals surface area contributed by atoms with Crippen molar-refractivity contribution in [2.75, 3.05) is 52.3 Å². The van der Waals surface area contributed by atoms with Gasteiger partial charge in [-0.2, -0.15) is 13.1 Å². The summed E-state index contributed by atoms with van der Waals surface area (Å²) in [6, 6.07) is 8.54. The number of alkyl halides is 2. The van der Waals surface area contributed by atoms with Crippen molar-refractivity contribution >= 4 is 45.3 Å². The number of sulfonamides is 1. The van der Waals surface area contributed by atoms with Crippen LogP contribution in [0, 0.1) is 5.92 Å². The summed E-state index contributed by atoms with van der Waals surface area (Å²) in [6.07, 6.45) is 3.25. The third-order valence-electron chi connectivity index (χ3n) is 8.69. The summed E-state index contributed by atoms with van der Waals surface area (Å²) in [5.41, 5.74) is -0.0889. The van der Waals surface area contributed by atoms with E-state index in [9.17, 15) is 26.8 Å². The van der Waals surface area contributed by atoms with E-state index in [1.54, 1.807) is 20.8 Å². The van der Waals surface area contributed by atoms with E-state index in [0.717, 1.165) is 19.1 Å². The topological polar surface area (TPSA) is 143 Å². The molecule has 1 saturated heterocycles. The van der Waals surface area contributed by atoms with Crippen molar-refractivity contribution < 1.29 is 55.2 Å². The minimum atomic E-state index is -4.18. The highest BCUT2D eigenvalue weighted by molar-refractivity contribution is 7.88. The number of carbonyl (C=O) groups excluding carboxylic acids is 2. The number of halogens is 4. The lowest BCUT2D eigenvalue weighted by atomic mass is 10.0. The summed E-state index contributed by atoms with van der Waals surface area (Å²) in [6.45, 7) is 4.83. The number of rotatable bonds is 17. The number of esters is 1. The third-order valence-corrected chi connectivity index (χ3v) is 10.4. The zero-order valence-corrected chi connectivity index (χ0v) is 33.8. The second kappa shape index (κ2) is 19.0. The summed E-state index contributed by atoms with van der Waals surface area (Å²) in [7, 11) is -4.18. The zero-order chi connectivity index (χ0) is 40.6. The van der Waals surface area contributed by atoms with Crippen LogP contribution in [-0.2, 0) is 37.2 Å². The lowest BCUT2D eigenvalue weighted by Crippen LogP contribution is -2.40. The van der Waals surface area contributed by atoms with Gasteiger partial charge in [0, 0.05) is 44.0 Å². The highest BCUT2D eigenvalue weighted by Crippen LogP contribution is 2.38. The van der Waals surface area contributed by atoms with Crippen molar-refractivity contribution in [3.8, 4) is 17.2 Å². The zero-order valence-electron chi connectivity index (χ0n) is 31.5. The number of aromatic nitrogens is 1. The molecule has 2 fully saturated rings. The van der Waals surface area contributed by atoms with Crippen molar-refractivity contribution in [2.45, 2.75) is 64.9 Å². The predicted octanol–water partition coefficient (Wildman–Crippen LogP) is 7.33. The van der Waals surface area contributed by atoms with Crippen LogP contribution in [0.1, 0.15) is 66.8 Å². The predicted molar refractivity (Wildman–Crippen MR) is 203 cm³/mol. The number of nitrogens with zero attached hydrogens (tertiary/aromatic N) is 3. The van der Waals surface area contributed by atoms with E-state index in [2.05, 4.69) is 9.88 Å². The number of carbonyl (C=O) groups is 2. The molecule has 0 bridgehead atoms. The van der Waals surface area contributed by atoms with Gasteiger partial charge in [-0.1, -0.05) is 29.3 Å². The lowest BCUT2D eigenvalue weighted by Gasteiger charge is -2.27. The maximum absolute atomic E-state index is 14.1. The number of pyridine rings is 1. The molecular weight excluding hydrogens is 799 g/mol. The molecule has 0 spiro atoms. The van der Waals surface area contributed by atoms with Crippen LogP contribution in [0.3, 0.4) is 0 Å². The second-order valence-corrected chi connectivity index (χ2v) is 17.1. The van der Waals surface area contributed by atoms with Crippen molar-refractivity contribution in [3.05, 3.63) is 81.1 Å². The summed E-state index contributed by atoms with van der Waals surface area (Å²) < 4.78 is 86.6. The average molecular weight is 845 g/mol. The van der Waals surface area contributed by atoms with Gasteiger partial charge in [-0.25, -0.2) is 18.0 Å². The summed E-state index contributed by atoms with van der Waals surface area (Å²) in [5, 5.41) is 0.399. The molecular formula is C38H45Cl2F2N3O10S. The van der Waals surface area contributed by atoms with Gasteiger partial charge in [-0.05, 0) is 81.0 Å². The minimum Gasteiger partial charge on any atom is -0.492 e. The molecule has 1 amide bonds. The maximum Gasteiger partial charge on any atom is 0.424 e. The molecule has 0 radical (unpaired) electrons. The fraction of sp³-hybridized carbons (Fsp3) is 0.500. The van der Waals surface area contributed by atoms with Crippen LogP contribution < -0.4 is 14.2 Å². The molecule has 1 saturated carbocycles. The Morgan fingerprint density at radius 3 is 2.30 bits per heavy atom. The number of benzene rings is 2. The van der Waals surface area contributed by atoms with E-state index in [-0.39, 0.29) is 64.0 Å². The van der Waals surface area contributed by atoms with Crippen LogP contribution in [0.15, 0.2) is 48.8 Å². The first-order chi connectivity index (χ1) is 26.5. The molecule has 1 atom stereocenters. The molecule has 2 aliphatic rings.